The first kappa shape index (κ1) is 20.1. The molecule has 1 amide bonds. The van der Waals surface area contributed by atoms with Crippen LogP contribution < -0.4 is 4.90 Å². The molecule has 0 radical (unpaired) electrons. The minimum Gasteiger partial charge on any atom is -0.465 e. The molecule has 0 saturated carbocycles. The van der Waals surface area contributed by atoms with Gasteiger partial charge in [-0.25, -0.2) is 4.98 Å². The van der Waals surface area contributed by atoms with Gasteiger partial charge in [0.2, 0.25) is 11.9 Å². The van der Waals surface area contributed by atoms with Crippen LogP contribution in [-0.4, -0.2) is 34.6 Å². The number of nitrogens with zero attached hydrogens (tertiary/aromatic N) is 3. The van der Waals surface area contributed by atoms with Gasteiger partial charge in [-0.3, -0.25) is 14.5 Å². The smallest absolute Gasteiger partial charge is 0.321 e. The molecule has 2 heterocycles. The minimum atomic E-state index is -0.951. The van der Waals surface area contributed by atoms with Crippen LogP contribution in [0.4, 0.5) is 5.95 Å². The average molecular weight is 405 g/mol. The lowest BCUT2D eigenvalue weighted by atomic mass is 9.87. The lowest BCUT2D eigenvalue weighted by molar-refractivity contribution is -0.153. The first-order valence-corrected chi connectivity index (χ1v) is 10.6. The van der Waals surface area contributed by atoms with Crippen LogP contribution in [-0.2, 0) is 14.3 Å². The van der Waals surface area contributed by atoms with E-state index in [0.717, 1.165) is 35.0 Å². The molecular weight excluding hydrogens is 378 g/mol. The van der Waals surface area contributed by atoms with E-state index < -0.39 is 17.9 Å². The summed E-state index contributed by atoms with van der Waals surface area (Å²) in [6.07, 6.45) is 1.77. The number of carbonyl (C=O) groups is 2. The topological polar surface area (TPSA) is 64.4 Å². The predicted octanol–water partition coefficient (Wildman–Crippen LogP) is 4.26. The number of benzene rings is 2. The number of fused-ring (bicyclic) bond motifs is 3. The van der Waals surface area contributed by atoms with Gasteiger partial charge in [0.15, 0.2) is 5.92 Å². The Morgan fingerprint density at radius 3 is 2.57 bits per heavy atom. The summed E-state index contributed by atoms with van der Waals surface area (Å²) in [4.78, 5) is 33.2. The number of aromatic nitrogens is 2. The number of para-hydroxylation sites is 2. The molecule has 0 spiro atoms. The fourth-order valence-electron chi connectivity index (χ4n) is 4.27. The lowest BCUT2D eigenvalue weighted by Crippen LogP contribution is -2.50. The summed E-state index contributed by atoms with van der Waals surface area (Å²) in [5.74, 6) is -1.07. The maximum absolute atomic E-state index is 13.7. The molecule has 156 valence electrons. The van der Waals surface area contributed by atoms with Crippen molar-refractivity contribution in [2.45, 2.75) is 39.7 Å². The van der Waals surface area contributed by atoms with Gasteiger partial charge in [0.05, 0.1) is 23.7 Å². The molecule has 0 fully saturated rings. The number of hydrogen-bond acceptors (Lipinski definition) is 4. The third kappa shape index (κ3) is 3.26. The van der Waals surface area contributed by atoms with Crippen molar-refractivity contribution in [1.29, 1.82) is 0 Å². The molecule has 2 atom stereocenters. The number of rotatable bonds is 6. The lowest BCUT2D eigenvalue weighted by Gasteiger charge is -2.38. The molecule has 0 bridgehead atoms. The van der Waals surface area contributed by atoms with Gasteiger partial charge in [-0.15, -0.1) is 0 Å². The van der Waals surface area contributed by atoms with E-state index in [-0.39, 0.29) is 12.5 Å². The van der Waals surface area contributed by atoms with E-state index in [9.17, 15) is 9.59 Å². The van der Waals surface area contributed by atoms with Crippen molar-refractivity contribution in [1.82, 2.24) is 9.55 Å². The first-order chi connectivity index (χ1) is 14.6. The molecule has 30 heavy (non-hydrogen) atoms. The highest BCUT2D eigenvalue weighted by molar-refractivity contribution is 6.08. The van der Waals surface area contributed by atoms with Gasteiger partial charge in [0.1, 0.15) is 0 Å². The van der Waals surface area contributed by atoms with Gasteiger partial charge in [0.25, 0.3) is 0 Å². The van der Waals surface area contributed by atoms with E-state index >= 15 is 0 Å². The molecule has 0 aliphatic carbocycles. The molecule has 1 aliphatic heterocycles. The highest BCUT2D eigenvalue weighted by Crippen LogP contribution is 2.42. The summed E-state index contributed by atoms with van der Waals surface area (Å²) in [5, 5.41) is 0. The molecule has 0 saturated heterocycles. The number of carbonyl (C=O) groups excluding carboxylic acids is 2. The Bertz CT molecular complexity index is 1090. The Kier molecular flexibility index (Phi) is 5.57. The maximum Gasteiger partial charge on any atom is 0.321 e. The van der Waals surface area contributed by atoms with Crippen molar-refractivity contribution in [2.75, 3.05) is 18.1 Å². The number of hydrogen-bond donors (Lipinski definition) is 0. The monoisotopic (exact) mass is 405 g/mol. The third-order valence-corrected chi connectivity index (χ3v) is 5.73. The van der Waals surface area contributed by atoms with Crippen molar-refractivity contribution >= 4 is 28.9 Å². The van der Waals surface area contributed by atoms with Crippen LogP contribution in [0.1, 0.15) is 43.9 Å². The number of ether oxygens (including phenoxy) is 1. The van der Waals surface area contributed by atoms with E-state index in [1.807, 2.05) is 55.5 Å². The fraction of sp³-hybridized carbons (Fsp3) is 0.375. The second-order valence-electron chi connectivity index (χ2n) is 7.65. The second kappa shape index (κ2) is 8.30. The average Bonchev–Trinajstić information content (AvgIpc) is 3.12. The summed E-state index contributed by atoms with van der Waals surface area (Å²) < 4.78 is 7.43. The third-order valence-electron chi connectivity index (χ3n) is 5.73. The number of anilines is 1. The quantitative estimate of drug-likeness (QED) is 0.454. The zero-order valence-corrected chi connectivity index (χ0v) is 17.7. The van der Waals surface area contributed by atoms with E-state index in [4.69, 9.17) is 9.72 Å². The van der Waals surface area contributed by atoms with Crippen molar-refractivity contribution in [3.05, 3.63) is 59.7 Å². The van der Waals surface area contributed by atoms with E-state index in [2.05, 4.69) is 11.5 Å². The first-order valence-electron chi connectivity index (χ1n) is 10.6. The molecular formula is C24H27N3O3. The van der Waals surface area contributed by atoms with Crippen molar-refractivity contribution in [3.8, 4) is 0 Å². The zero-order chi connectivity index (χ0) is 21.3. The summed E-state index contributed by atoms with van der Waals surface area (Å²) in [6.45, 7) is 6.60. The summed E-state index contributed by atoms with van der Waals surface area (Å²) in [6, 6.07) is 15.2. The molecule has 1 aliphatic rings. The fourth-order valence-corrected chi connectivity index (χ4v) is 4.27. The summed E-state index contributed by atoms with van der Waals surface area (Å²) in [5.41, 5.74) is 3.67. The number of amides is 1. The SMILES string of the molecule is CCCCN1C(=O)[C@H](C(=O)OCC)[C@H](c2ccccc2C)n2c1nc1ccccc12. The van der Waals surface area contributed by atoms with E-state index in [0.29, 0.717) is 12.5 Å². The van der Waals surface area contributed by atoms with Crippen LogP contribution in [0, 0.1) is 12.8 Å². The molecule has 2 aromatic carbocycles. The van der Waals surface area contributed by atoms with Crippen LogP contribution in [0.25, 0.3) is 11.0 Å². The van der Waals surface area contributed by atoms with Crippen LogP contribution in [0.2, 0.25) is 0 Å². The number of unbranched alkanes of at least 4 members (excludes halogenated alkanes) is 1. The minimum absolute atomic E-state index is 0.232. The molecule has 4 rings (SSSR count). The number of aryl methyl sites for hydroxylation is 1. The largest absolute Gasteiger partial charge is 0.465 e. The van der Waals surface area contributed by atoms with Gasteiger partial charge >= 0.3 is 5.97 Å². The van der Waals surface area contributed by atoms with Crippen molar-refractivity contribution in [2.24, 2.45) is 5.92 Å². The van der Waals surface area contributed by atoms with Crippen molar-refractivity contribution in [3.63, 3.8) is 0 Å². The molecule has 1 aromatic heterocycles. The van der Waals surface area contributed by atoms with E-state index in [1.54, 1.807) is 11.8 Å². The van der Waals surface area contributed by atoms with Crippen molar-refractivity contribution < 1.29 is 14.3 Å². The highest BCUT2D eigenvalue weighted by atomic mass is 16.5. The summed E-state index contributed by atoms with van der Waals surface area (Å²) in [7, 11) is 0. The van der Waals surface area contributed by atoms with Crippen LogP contribution >= 0.6 is 0 Å². The Morgan fingerprint density at radius 2 is 1.83 bits per heavy atom. The second-order valence-corrected chi connectivity index (χ2v) is 7.65. The summed E-state index contributed by atoms with van der Waals surface area (Å²) >= 11 is 0. The number of imidazole rings is 1. The Morgan fingerprint density at radius 1 is 1.10 bits per heavy atom. The Hall–Kier alpha value is -3.15. The van der Waals surface area contributed by atoms with Gasteiger partial charge in [-0.05, 0) is 43.5 Å². The zero-order valence-electron chi connectivity index (χ0n) is 17.7. The standard InChI is InChI=1S/C24H27N3O3/c1-4-6-15-26-22(28)20(23(29)30-5-2)21(17-12-8-7-11-16(17)3)27-19-14-10-9-13-18(19)25-24(26)27/h7-14,20-21H,4-6,15H2,1-3H3/t20-,21+/m1/s1. The van der Waals surface area contributed by atoms with Gasteiger partial charge in [-0.1, -0.05) is 49.7 Å². The molecule has 6 nitrogen and oxygen atoms in total. The van der Waals surface area contributed by atoms with Gasteiger partial charge < -0.3 is 9.30 Å². The number of esters is 1. The van der Waals surface area contributed by atoms with Crippen LogP contribution in [0.15, 0.2) is 48.5 Å². The maximum atomic E-state index is 13.7. The highest BCUT2D eigenvalue weighted by Gasteiger charge is 2.47. The molecule has 0 unspecified atom stereocenters. The van der Waals surface area contributed by atoms with E-state index in [1.165, 1.54) is 0 Å². The Labute approximate surface area is 176 Å². The van der Waals surface area contributed by atoms with Gasteiger partial charge in [0, 0.05) is 6.54 Å². The normalized spacial score (nSPS) is 18.5. The molecule has 0 N–H and O–H groups in total. The predicted molar refractivity (Wildman–Crippen MR) is 116 cm³/mol. The van der Waals surface area contributed by atoms with Crippen LogP contribution in [0.3, 0.4) is 0 Å². The van der Waals surface area contributed by atoms with Crippen LogP contribution in [0.5, 0.6) is 0 Å². The molecule has 3 aromatic rings. The molecule has 6 heteroatoms. The van der Waals surface area contributed by atoms with Gasteiger partial charge in [-0.2, -0.15) is 0 Å². The Balaban J connectivity index is 2.00.